The quantitative estimate of drug-likeness (QED) is 0.126. The maximum absolute atomic E-state index is 10.9. The first-order valence-electron chi connectivity index (χ1n) is 7.76. The Balaban J connectivity index is 0.00000529. The Morgan fingerprint density at radius 1 is 1.25 bits per heavy atom. The lowest BCUT2D eigenvalue weighted by Gasteiger charge is -2.12. The van der Waals surface area contributed by atoms with Gasteiger partial charge in [0.15, 0.2) is 5.96 Å². The van der Waals surface area contributed by atoms with E-state index in [-0.39, 0.29) is 29.7 Å². The van der Waals surface area contributed by atoms with Crippen LogP contribution in [0.5, 0.6) is 0 Å². The molecule has 136 valence electrons. The van der Waals surface area contributed by atoms with Gasteiger partial charge in [-0.2, -0.15) is 0 Å². The van der Waals surface area contributed by atoms with Crippen molar-refractivity contribution in [3.63, 3.8) is 0 Å². The Morgan fingerprint density at radius 2 is 2.00 bits per heavy atom. The molecule has 0 saturated carbocycles. The second kappa shape index (κ2) is 13.8. The largest absolute Gasteiger partial charge is 0.380 e. The third-order valence-electron chi connectivity index (χ3n) is 2.89. The summed E-state index contributed by atoms with van der Waals surface area (Å²) >= 11 is 0. The van der Waals surface area contributed by atoms with Gasteiger partial charge in [-0.15, -0.1) is 24.0 Å². The number of hydrogen-bond donors (Lipinski definition) is 3. The fraction of sp³-hybridized carbons (Fsp3) is 0.533. The first-order chi connectivity index (χ1) is 11.2. The average Bonchev–Trinajstić information content (AvgIpc) is 2.55. The summed E-state index contributed by atoms with van der Waals surface area (Å²) in [5.41, 5.74) is 0.586. The van der Waals surface area contributed by atoms with Gasteiger partial charge in [-0.05, 0) is 19.9 Å². The number of guanidine groups is 1. The number of hydrogen-bond acceptors (Lipinski definition) is 5. The molecule has 1 aromatic carbocycles. The third-order valence-corrected chi connectivity index (χ3v) is 2.89. The van der Waals surface area contributed by atoms with Gasteiger partial charge < -0.3 is 20.7 Å². The van der Waals surface area contributed by atoms with Crippen LogP contribution in [0.2, 0.25) is 0 Å². The van der Waals surface area contributed by atoms with Crippen LogP contribution >= 0.6 is 24.0 Å². The summed E-state index contributed by atoms with van der Waals surface area (Å²) in [5.74, 6) is 0.705. The number of anilines is 1. The number of aliphatic imine (C=N–C) groups is 1. The Morgan fingerprint density at radius 3 is 2.67 bits per heavy atom. The predicted molar refractivity (Wildman–Crippen MR) is 107 cm³/mol. The molecular weight excluding hydrogens is 425 g/mol. The number of ether oxygens (including phenoxy) is 1. The molecule has 0 aliphatic carbocycles. The van der Waals surface area contributed by atoms with Crippen molar-refractivity contribution in [2.24, 2.45) is 4.99 Å². The highest BCUT2D eigenvalue weighted by molar-refractivity contribution is 14.0. The molecule has 0 spiro atoms. The van der Waals surface area contributed by atoms with Crippen LogP contribution in [0.4, 0.5) is 11.4 Å². The molecule has 0 radical (unpaired) electrons. The molecule has 0 aliphatic rings. The summed E-state index contributed by atoms with van der Waals surface area (Å²) in [6.45, 7) is 7.68. The van der Waals surface area contributed by atoms with E-state index < -0.39 is 4.92 Å². The summed E-state index contributed by atoms with van der Waals surface area (Å²) < 4.78 is 5.24. The van der Waals surface area contributed by atoms with Crippen LogP contribution in [-0.2, 0) is 4.74 Å². The smallest absolute Gasteiger partial charge is 0.292 e. The van der Waals surface area contributed by atoms with Crippen molar-refractivity contribution >= 4 is 41.3 Å². The molecule has 0 bridgehead atoms. The summed E-state index contributed by atoms with van der Waals surface area (Å²) in [6, 6.07) is 6.59. The van der Waals surface area contributed by atoms with Crippen molar-refractivity contribution in [2.75, 3.05) is 44.7 Å². The summed E-state index contributed by atoms with van der Waals surface area (Å²) in [6.07, 6.45) is 0. The standard InChI is InChI=1S/C15H25N5O3.HI/c1-3-16-15(19-11-12-23-4-2)18-10-9-17-13-7-5-6-8-14(13)20(21)22;/h5-8,17H,3-4,9-12H2,1-2H3,(H2,16,18,19);1H. The fourth-order valence-corrected chi connectivity index (χ4v) is 1.87. The van der Waals surface area contributed by atoms with Gasteiger partial charge in [-0.25, -0.2) is 0 Å². The van der Waals surface area contributed by atoms with E-state index in [0.717, 1.165) is 6.54 Å². The zero-order valence-corrected chi connectivity index (χ0v) is 16.4. The Hall–Kier alpha value is -1.62. The Labute approximate surface area is 159 Å². The maximum atomic E-state index is 10.9. The van der Waals surface area contributed by atoms with Gasteiger partial charge in [0, 0.05) is 32.3 Å². The van der Waals surface area contributed by atoms with Gasteiger partial charge >= 0.3 is 0 Å². The second-order valence-electron chi connectivity index (χ2n) is 4.59. The second-order valence-corrected chi connectivity index (χ2v) is 4.59. The lowest BCUT2D eigenvalue weighted by atomic mass is 10.2. The van der Waals surface area contributed by atoms with Crippen LogP contribution in [-0.4, -0.2) is 50.3 Å². The molecule has 8 nitrogen and oxygen atoms in total. The molecule has 0 saturated heterocycles. The van der Waals surface area contributed by atoms with Crippen molar-refractivity contribution in [2.45, 2.75) is 13.8 Å². The zero-order chi connectivity index (χ0) is 16.9. The fourth-order valence-electron chi connectivity index (χ4n) is 1.87. The molecular formula is C15H26IN5O3. The Bertz CT molecular complexity index is 514. The number of para-hydroxylation sites is 2. The first-order valence-corrected chi connectivity index (χ1v) is 7.76. The number of nitro benzene ring substituents is 1. The van der Waals surface area contributed by atoms with Crippen LogP contribution < -0.4 is 16.0 Å². The van der Waals surface area contributed by atoms with Gasteiger partial charge in [0.2, 0.25) is 0 Å². The number of nitrogens with one attached hydrogen (secondary N) is 3. The van der Waals surface area contributed by atoms with E-state index in [0.29, 0.717) is 44.5 Å². The normalized spacial score (nSPS) is 10.7. The molecule has 0 amide bonds. The molecule has 24 heavy (non-hydrogen) atoms. The van der Waals surface area contributed by atoms with E-state index in [9.17, 15) is 10.1 Å². The maximum Gasteiger partial charge on any atom is 0.292 e. The van der Waals surface area contributed by atoms with E-state index >= 15 is 0 Å². The minimum atomic E-state index is -0.394. The monoisotopic (exact) mass is 451 g/mol. The molecule has 0 heterocycles. The highest BCUT2D eigenvalue weighted by atomic mass is 127. The molecule has 3 N–H and O–H groups in total. The van der Waals surface area contributed by atoms with Crippen molar-refractivity contribution in [1.29, 1.82) is 0 Å². The minimum absolute atomic E-state index is 0. The number of benzene rings is 1. The zero-order valence-electron chi connectivity index (χ0n) is 14.1. The van der Waals surface area contributed by atoms with Crippen molar-refractivity contribution in [1.82, 2.24) is 10.6 Å². The van der Waals surface area contributed by atoms with Crippen LogP contribution in [0.25, 0.3) is 0 Å². The lowest BCUT2D eigenvalue weighted by molar-refractivity contribution is -0.384. The lowest BCUT2D eigenvalue weighted by Crippen LogP contribution is -2.39. The highest BCUT2D eigenvalue weighted by Crippen LogP contribution is 2.22. The number of nitrogens with zero attached hydrogens (tertiary/aromatic N) is 2. The molecule has 0 unspecified atom stereocenters. The van der Waals surface area contributed by atoms with Gasteiger partial charge in [-0.3, -0.25) is 15.1 Å². The van der Waals surface area contributed by atoms with Gasteiger partial charge in [0.05, 0.1) is 18.1 Å². The topological polar surface area (TPSA) is 101 Å². The van der Waals surface area contributed by atoms with E-state index in [1.165, 1.54) is 6.07 Å². The minimum Gasteiger partial charge on any atom is -0.380 e. The first kappa shape index (κ1) is 22.4. The Kier molecular flexibility index (Phi) is 12.9. The SMILES string of the molecule is CCNC(=NCCOCC)NCCNc1ccccc1[N+](=O)[O-].I. The number of rotatable bonds is 10. The van der Waals surface area contributed by atoms with Crippen molar-refractivity contribution in [3.8, 4) is 0 Å². The molecule has 0 atom stereocenters. The summed E-state index contributed by atoms with van der Waals surface area (Å²) in [7, 11) is 0. The predicted octanol–water partition coefficient (Wildman–Crippen LogP) is 2.22. The molecule has 1 aromatic rings. The molecule has 1 rings (SSSR count). The molecule has 9 heteroatoms. The van der Waals surface area contributed by atoms with Crippen molar-refractivity contribution in [3.05, 3.63) is 34.4 Å². The van der Waals surface area contributed by atoms with Gasteiger partial charge in [0.25, 0.3) is 5.69 Å². The van der Waals surface area contributed by atoms with Gasteiger partial charge in [-0.1, -0.05) is 12.1 Å². The van der Waals surface area contributed by atoms with E-state index in [1.807, 2.05) is 13.8 Å². The van der Waals surface area contributed by atoms with Crippen molar-refractivity contribution < 1.29 is 9.66 Å². The van der Waals surface area contributed by atoms with E-state index in [4.69, 9.17) is 4.74 Å². The van der Waals surface area contributed by atoms with E-state index in [2.05, 4.69) is 20.9 Å². The number of halogens is 1. The van der Waals surface area contributed by atoms with E-state index in [1.54, 1.807) is 18.2 Å². The van der Waals surface area contributed by atoms with Crippen LogP contribution in [0, 0.1) is 10.1 Å². The van der Waals surface area contributed by atoms with Gasteiger partial charge in [0.1, 0.15) is 5.69 Å². The molecule has 0 aromatic heterocycles. The third kappa shape index (κ3) is 8.87. The van der Waals surface area contributed by atoms with Crippen LogP contribution in [0.15, 0.2) is 29.3 Å². The highest BCUT2D eigenvalue weighted by Gasteiger charge is 2.11. The summed E-state index contributed by atoms with van der Waals surface area (Å²) in [4.78, 5) is 14.9. The molecule has 0 aliphatic heterocycles. The summed E-state index contributed by atoms with van der Waals surface area (Å²) in [5, 5.41) is 20.3. The molecule has 0 fully saturated rings. The van der Waals surface area contributed by atoms with Crippen LogP contribution in [0.1, 0.15) is 13.8 Å². The number of nitro groups is 1. The average molecular weight is 451 g/mol. The van der Waals surface area contributed by atoms with Crippen LogP contribution in [0.3, 0.4) is 0 Å².